The number of hydrogen-bond donors (Lipinski definition) is 1. The number of aliphatic hydroxyl groups is 1. The fraction of sp³-hybridized carbons (Fsp3) is 0.190. The Morgan fingerprint density at radius 3 is 2.46 bits per heavy atom. The van der Waals surface area contributed by atoms with E-state index in [1.807, 2.05) is 30.3 Å². The fourth-order valence-electron chi connectivity index (χ4n) is 2.73. The van der Waals surface area contributed by atoms with Crippen LogP contribution < -0.4 is 10.2 Å². The van der Waals surface area contributed by atoms with E-state index in [9.17, 15) is 14.3 Å². The van der Waals surface area contributed by atoms with Crippen molar-refractivity contribution >= 4 is 0 Å². The molecule has 0 aliphatic heterocycles. The van der Waals surface area contributed by atoms with Crippen LogP contribution in [0.4, 0.5) is 4.39 Å². The predicted molar refractivity (Wildman–Crippen MR) is 97.6 cm³/mol. The van der Waals surface area contributed by atoms with Gasteiger partial charge in [0.1, 0.15) is 12.4 Å². The highest BCUT2D eigenvalue weighted by atomic mass is 19.1. The first-order valence-corrected chi connectivity index (χ1v) is 8.35. The molecule has 2 aromatic carbocycles. The van der Waals surface area contributed by atoms with Gasteiger partial charge < -0.3 is 14.4 Å². The molecule has 3 aromatic rings. The van der Waals surface area contributed by atoms with Crippen LogP contribution >= 0.6 is 0 Å². The van der Waals surface area contributed by atoms with E-state index >= 15 is 0 Å². The second-order valence-electron chi connectivity index (χ2n) is 6.09. The molecular formula is C21H20FNO3. The largest absolute Gasteiger partial charge is 0.483 e. The lowest BCUT2D eigenvalue weighted by Crippen LogP contribution is -2.17. The second-order valence-corrected chi connectivity index (χ2v) is 6.09. The monoisotopic (exact) mass is 353 g/mol. The second kappa shape index (κ2) is 7.97. The summed E-state index contributed by atoms with van der Waals surface area (Å²) in [5.41, 5.74) is 2.00. The van der Waals surface area contributed by atoms with Crippen molar-refractivity contribution in [2.24, 2.45) is 0 Å². The highest BCUT2D eigenvalue weighted by molar-refractivity contribution is 5.28. The van der Waals surface area contributed by atoms with Crippen LogP contribution in [0.2, 0.25) is 0 Å². The summed E-state index contributed by atoms with van der Waals surface area (Å²) in [5, 5.41) is 10.4. The standard InChI is InChI=1S/C21H20FNO3/c1-15-21(26-14-16-5-3-2-4-6-16)19(24)11-12-23(15)13-20(25)17-7-9-18(22)10-8-17/h2-12,20,25H,13-14H2,1H3/t20-/m0/s1. The van der Waals surface area contributed by atoms with Gasteiger partial charge in [0.05, 0.1) is 18.3 Å². The normalized spacial score (nSPS) is 12.0. The molecule has 0 fully saturated rings. The maximum absolute atomic E-state index is 13.0. The molecule has 134 valence electrons. The van der Waals surface area contributed by atoms with Crippen molar-refractivity contribution in [3.05, 3.63) is 99.7 Å². The van der Waals surface area contributed by atoms with Crippen LogP contribution in [0.15, 0.2) is 71.7 Å². The van der Waals surface area contributed by atoms with Gasteiger partial charge in [-0.3, -0.25) is 4.79 Å². The summed E-state index contributed by atoms with van der Waals surface area (Å²) in [4.78, 5) is 12.2. The number of rotatable bonds is 6. The Labute approximate surface area is 151 Å². The Bertz CT molecular complexity index is 920. The molecule has 5 heteroatoms. The first-order valence-electron chi connectivity index (χ1n) is 8.35. The third-order valence-corrected chi connectivity index (χ3v) is 4.24. The van der Waals surface area contributed by atoms with Crippen molar-refractivity contribution in [2.75, 3.05) is 0 Å². The van der Waals surface area contributed by atoms with Gasteiger partial charge in [-0.05, 0) is 30.2 Å². The average Bonchev–Trinajstić information content (AvgIpc) is 2.65. The predicted octanol–water partition coefficient (Wildman–Crippen LogP) is 3.61. The molecule has 0 saturated carbocycles. The van der Waals surface area contributed by atoms with Crippen molar-refractivity contribution in [1.82, 2.24) is 4.57 Å². The number of pyridine rings is 1. The Morgan fingerprint density at radius 1 is 1.08 bits per heavy atom. The molecule has 1 N–H and O–H groups in total. The van der Waals surface area contributed by atoms with Crippen molar-refractivity contribution in [3.8, 4) is 5.75 Å². The maximum Gasteiger partial charge on any atom is 0.223 e. The lowest BCUT2D eigenvalue weighted by atomic mass is 10.1. The van der Waals surface area contributed by atoms with Crippen molar-refractivity contribution in [1.29, 1.82) is 0 Å². The van der Waals surface area contributed by atoms with E-state index < -0.39 is 6.10 Å². The minimum atomic E-state index is -0.821. The summed E-state index contributed by atoms with van der Waals surface area (Å²) in [6, 6.07) is 16.7. The van der Waals surface area contributed by atoms with E-state index in [2.05, 4.69) is 0 Å². The lowest BCUT2D eigenvalue weighted by molar-refractivity contribution is 0.154. The highest BCUT2D eigenvalue weighted by Gasteiger charge is 2.13. The molecule has 1 heterocycles. The van der Waals surface area contributed by atoms with Gasteiger partial charge in [-0.25, -0.2) is 4.39 Å². The Morgan fingerprint density at radius 2 is 1.77 bits per heavy atom. The molecule has 0 saturated heterocycles. The van der Waals surface area contributed by atoms with Gasteiger partial charge >= 0.3 is 0 Å². The van der Waals surface area contributed by atoms with E-state index in [0.29, 0.717) is 17.9 Å². The molecule has 0 unspecified atom stereocenters. The third kappa shape index (κ3) is 4.18. The minimum Gasteiger partial charge on any atom is -0.483 e. The molecule has 1 atom stereocenters. The quantitative estimate of drug-likeness (QED) is 0.737. The van der Waals surface area contributed by atoms with Gasteiger partial charge in [0.15, 0.2) is 5.75 Å². The zero-order valence-electron chi connectivity index (χ0n) is 14.4. The Hall–Kier alpha value is -2.92. The first-order chi connectivity index (χ1) is 12.5. The Balaban J connectivity index is 1.78. The summed E-state index contributed by atoms with van der Waals surface area (Å²) in [5.74, 6) is -0.0836. The van der Waals surface area contributed by atoms with E-state index in [0.717, 1.165) is 5.56 Å². The summed E-state index contributed by atoms with van der Waals surface area (Å²) in [7, 11) is 0. The first kappa shape index (κ1) is 17.9. The van der Waals surface area contributed by atoms with Crippen molar-refractivity contribution < 1.29 is 14.2 Å². The molecule has 0 spiro atoms. The fourth-order valence-corrected chi connectivity index (χ4v) is 2.73. The highest BCUT2D eigenvalue weighted by Crippen LogP contribution is 2.19. The van der Waals surface area contributed by atoms with Crippen LogP contribution in [0.1, 0.15) is 22.9 Å². The topological polar surface area (TPSA) is 51.5 Å². The van der Waals surface area contributed by atoms with E-state index in [1.54, 1.807) is 29.8 Å². The molecular weight excluding hydrogens is 333 g/mol. The molecule has 4 nitrogen and oxygen atoms in total. The summed E-state index contributed by atoms with van der Waals surface area (Å²) in [6.45, 7) is 2.31. The number of aliphatic hydroxyl groups excluding tert-OH is 1. The number of halogens is 1. The third-order valence-electron chi connectivity index (χ3n) is 4.24. The molecule has 0 radical (unpaired) electrons. The molecule has 3 rings (SSSR count). The number of nitrogens with zero attached hydrogens (tertiary/aromatic N) is 1. The van der Waals surface area contributed by atoms with Crippen LogP contribution in [0.5, 0.6) is 5.75 Å². The Kier molecular flexibility index (Phi) is 5.49. The smallest absolute Gasteiger partial charge is 0.223 e. The molecule has 0 amide bonds. The van der Waals surface area contributed by atoms with Crippen LogP contribution in [0.25, 0.3) is 0 Å². The van der Waals surface area contributed by atoms with Gasteiger partial charge in [-0.1, -0.05) is 42.5 Å². The lowest BCUT2D eigenvalue weighted by Gasteiger charge is -2.18. The van der Waals surface area contributed by atoms with Gasteiger partial charge in [-0.15, -0.1) is 0 Å². The van der Waals surface area contributed by atoms with E-state index in [-0.39, 0.29) is 23.5 Å². The molecule has 0 aliphatic carbocycles. The molecule has 0 aliphatic rings. The zero-order valence-corrected chi connectivity index (χ0v) is 14.4. The number of hydrogen-bond acceptors (Lipinski definition) is 3. The summed E-state index contributed by atoms with van der Waals surface area (Å²) >= 11 is 0. The molecule has 26 heavy (non-hydrogen) atoms. The number of ether oxygens (including phenoxy) is 1. The van der Waals surface area contributed by atoms with E-state index in [1.165, 1.54) is 18.2 Å². The number of benzene rings is 2. The van der Waals surface area contributed by atoms with Crippen molar-refractivity contribution in [2.45, 2.75) is 26.2 Å². The molecule has 1 aromatic heterocycles. The van der Waals surface area contributed by atoms with Gasteiger partial charge in [0.2, 0.25) is 5.43 Å². The van der Waals surface area contributed by atoms with Crippen LogP contribution in [0.3, 0.4) is 0 Å². The molecule has 0 bridgehead atoms. The summed E-state index contributed by atoms with van der Waals surface area (Å²) in [6.07, 6.45) is 0.804. The zero-order chi connectivity index (χ0) is 18.5. The average molecular weight is 353 g/mol. The van der Waals surface area contributed by atoms with Crippen LogP contribution in [-0.4, -0.2) is 9.67 Å². The van der Waals surface area contributed by atoms with Crippen LogP contribution in [-0.2, 0) is 13.2 Å². The van der Waals surface area contributed by atoms with Gasteiger partial charge in [0, 0.05) is 12.3 Å². The van der Waals surface area contributed by atoms with Crippen molar-refractivity contribution in [3.63, 3.8) is 0 Å². The SMILES string of the molecule is Cc1c(OCc2ccccc2)c(=O)ccn1C[C@H](O)c1ccc(F)cc1. The maximum atomic E-state index is 13.0. The van der Waals surface area contributed by atoms with E-state index in [4.69, 9.17) is 4.74 Å². The number of aromatic nitrogens is 1. The van der Waals surface area contributed by atoms with Gasteiger partial charge in [0.25, 0.3) is 0 Å². The minimum absolute atomic E-state index is 0.203. The van der Waals surface area contributed by atoms with Crippen LogP contribution in [0, 0.1) is 12.7 Å². The van der Waals surface area contributed by atoms with Gasteiger partial charge in [-0.2, -0.15) is 0 Å². The summed E-state index contributed by atoms with van der Waals surface area (Å²) < 4.78 is 20.5.